The van der Waals surface area contributed by atoms with Crippen molar-refractivity contribution in [3.8, 4) is 11.5 Å². The lowest BCUT2D eigenvalue weighted by Crippen LogP contribution is -2.15. The summed E-state index contributed by atoms with van der Waals surface area (Å²) >= 11 is 0. The molecule has 0 bridgehead atoms. The summed E-state index contributed by atoms with van der Waals surface area (Å²) in [5.74, 6) is 2.92. The first-order valence-electron chi connectivity index (χ1n) is 13.7. The summed E-state index contributed by atoms with van der Waals surface area (Å²) < 4.78 is 11.5. The summed E-state index contributed by atoms with van der Waals surface area (Å²) in [6.07, 6.45) is 17.0. The van der Waals surface area contributed by atoms with Crippen molar-refractivity contribution in [1.29, 1.82) is 0 Å². The quantitative estimate of drug-likeness (QED) is 0.159. The number of unbranched alkanes of at least 4 members (excludes halogenated alkanes) is 3. The molecule has 186 valence electrons. The van der Waals surface area contributed by atoms with Crippen LogP contribution < -0.4 is 9.47 Å². The fraction of sp³-hybridized carbons (Fsp3) is 0.581. The average Bonchev–Trinajstić information content (AvgIpc) is 2.87. The predicted octanol–water partition coefficient (Wildman–Crippen LogP) is 8.79. The van der Waals surface area contributed by atoms with Crippen LogP contribution >= 0.6 is 0 Å². The zero-order chi connectivity index (χ0) is 24.0. The Hall–Kier alpha value is -2.29. The first kappa shape index (κ1) is 26.3. The summed E-state index contributed by atoms with van der Waals surface area (Å²) in [6, 6.07) is 15.1. The van der Waals surface area contributed by atoms with E-state index in [0.29, 0.717) is 11.3 Å². The van der Waals surface area contributed by atoms with Crippen molar-refractivity contribution in [3.63, 3.8) is 0 Å². The first-order valence-corrected chi connectivity index (χ1v) is 13.7. The Labute approximate surface area is 207 Å². The molecule has 2 aromatic rings. The number of ether oxygens (including phenoxy) is 2. The molecular formula is C31H44O3. The molecule has 0 radical (unpaired) electrons. The zero-order valence-electron chi connectivity index (χ0n) is 21.4. The lowest BCUT2D eigenvalue weighted by Gasteiger charge is -2.28. The Morgan fingerprint density at radius 3 is 1.94 bits per heavy atom. The van der Waals surface area contributed by atoms with E-state index < -0.39 is 0 Å². The van der Waals surface area contributed by atoms with Gasteiger partial charge in [-0.1, -0.05) is 83.8 Å². The molecular weight excluding hydrogens is 420 g/mol. The molecule has 3 heteroatoms. The standard InChI is InChI=1S/C31H44O3/c1-3-5-7-10-26-12-14-27(15-13-26)11-8-24-33-29-22-18-28(19-23-29)31(32)34-30-20-16-25(17-21-30)9-6-4-2/h16-23,26-27H,3-15,24H2,1-2H3. The lowest BCUT2D eigenvalue weighted by atomic mass is 9.78. The van der Waals surface area contributed by atoms with Gasteiger partial charge < -0.3 is 9.47 Å². The van der Waals surface area contributed by atoms with Crippen LogP contribution in [0.5, 0.6) is 11.5 Å². The van der Waals surface area contributed by atoms with Gasteiger partial charge in [0.2, 0.25) is 0 Å². The van der Waals surface area contributed by atoms with Gasteiger partial charge in [0, 0.05) is 0 Å². The zero-order valence-corrected chi connectivity index (χ0v) is 21.4. The molecule has 1 fully saturated rings. The smallest absolute Gasteiger partial charge is 0.343 e. The van der Waals surface area contributed by atoms with Crippen molar-refractivity contribution >= 4 is 5.97 Å². The fourth-order valence-corrected chi connectivity index (χ4v) is 5.01. The number of esters is 1. The predicted molar refractivity (Wildman–Crippen MR) is 141 cm³/mol. The van der Waals surface area contributed by atoms with Crippen LogP contribution in [0.3, 0.4) is 0 Å². The van der Waals surface area contributed by atoms with Crippen molar-refractivity contribution < 1.29 is 14.3 Å². The maximum Gasteiger partial charge on any atom is 0.343 e. The fourth-order valence-electron chi connectivity index (χ4n) is 5.01. The van der Waals surface area contributed by atoms with E-state index in [1.165, 1.54) is 76.2 Å². The Bertz CT molecular complexity index is 817. The molecule has 34 heavy (non-hydrogen) atoms. The van der Waals surface area contributed by atoms with E-state index in [9.17, 15) is 4.79 Å². The second-order valence-corrected chi connectivity index (χ2v) is 10.0. The summed E-state index contributed by atoms with van der Waals surface area (Å²) in [6.45, 7) is 5.22. The van der Waals surface area contributed by atoms with E-state index in [1.54, 1.807) is 12.1 Å². The topological polar surface area (TPSA) is 35.5 Å². The minimum atomic E-state index is -0.335. The van der Waals surface area contributed by atoms with E-state index in [4.69, 9.17) is 9.47 Å². The maximum absolute atomic E-state index is 12.5. The number of hydrogen-bond acceptors (Lipinski definition) is 3. The third kappa shape index (κ3) is 9.16. The minimum absolute atomic E-state index is 0.335. The highest BCUT2D eigenvalue weighted by molar-refractivity contribution is 5.91. The average molecular weight is 465 g/mol. The molecule has 1 aliphatic rings. The van der Waals surface area contributed by atoms with E-state index in [-0.39, 0.29) is 5.97 Å². The van der Waals surface area contributed by atoms with Crippen LogP contribution in [0.4, 0.5) is 0 Å². The van der Waals surface area contributed by atoms with Crippen LogP contribution in [-0.4, -0.2) is 12.6 Å². The number of carbonyl (C=O) groups is 1. The highest BCUT2D eigenvalue weighted by Gasteiger charge is 2.20. The Morgan fingerprint density at radius 2 is 1.32 bits per heavy atom. The second-order valence-electron chi connectivity index (χ2n) is 10.0. The van der Waals surface area contributed by atoms with E-state index in [1.807, 2.05) is 36.4 Å². The molecule has 0 atom stereocenters. The Kier molecular flexibility index (Phi) is 11.5. The van der Waals surface area contributed by atoms with E-state index in [2.05, 4.69) is 13.8 Å². The molecule has 3 rings (SSSR count). The van der Waals surface area contributed by atoms with Crippen LogP contribution in [-0.2, 0) is 6.42 Å². The van der Waals surface area contributed by atoms with Gasteiger partial charge in [-0.15, -0.1) is 0 Å². The molecule has 0 amide bonds. The minimum Gasteiger partial charge on any atom is -0.494 e. The van der Waals surface area contributed by atoms with Crippen LogP contribution in [0.15, 0.2) is 48.5 Å². The second kappa shape index (κ2) is 14.9. The molecule has 1 saturated carbocycles. The van der Waals surface area contributed by atoms with Crippen LogP contribution in [0.25, 0.3) is 0 Å². The molecule has 3 nitrogen and oxygen atoms in total. The molecule has 0 heterocycles. The van der Waals surface area contributed by atoms with E-state index in [0.717, 1.165) is 37.0 Å². The number of aryl methyl sites for hydroxylation is 1. The summed E-state index contributed by atoms with van der Waals surface area (Å²) in [7, 11) is 0. The number of benzene rings is 2. The SMILES string of the molecule is CCCCCC1CCC(CCCOc2ccc(C(=O)Oc3ccc(CCCC)cc3)cc2)CC1. The highest BCUT2D eigenvalue weighted by Crippen LogP contribution is 2.34. The summed E-state index contributed by atoms with van der Waals surface area (Å²) in [5, 5.41) is 0. The monoisotopic (exact) mass is 464 g/mol. The van der Waals surface area contributed by atoms with Crippen LogP contribution in [0.2, 0.25) is 0 Å². The Morgan fingerprint density at radius 1 is 0.735 bits per heavy atom. The van der Waals surface area contributed by atoms with Crippen molar-refractivity contribution in [2.45, 2.75) is 97.3 Å². The van der Waals surface area contributed by atoms with Gasteiger partial charge in [-0.05, 0) is 79.5 Å². The van der Waals surface area contributed by atoms with Gasteiger partial charge >= 0.3 is 5.97 Å². The molecule has 2 aromatic carbocycles. The molecule has 0 spiro atoms. The normalized spacial score (nSPS) is 17.9. The van der Waals surface area contributed by atoms with Crippen molar-refractivity contribution in [1.82, 2.24) is 0 Å². The van der Waals surface area contributed by atoms with Crippen LogP contribution in [0.1, 0.15) is 107 Å². The van der Waals surface area contributed by atoms with Gasteiger partial charge in [0.1, 0.15) is 11.5 Å². The van der Waals surface area contributed by atoms with Crippen molar-refractivity contribution in [3.05, 3.63) is 59.7 Å². The third-order valence-electron chi connectivity index (χ3n) is 7.25. The van der Waals surface area contributed by atoms with Gasteiger partial charge in [-0.3, -0.25) is 0 Å². The molecule has 1 aliphatic carbocycles. The first-order chi connectivity index (χ1) is 16.7. The van der Waals surface area contributed by atoms with Crippen molar-refractivity contribution in [2.24, 2.45) is 11.8 Å². The van der Waals surface area contributed by atoms with Gasteiger partial charge in [0.25, 0.3) is 0 Å². The summed E-state index contributed by atoms with van der Waals surface area (Å²) in [5.41, 5.74) is 1.82. The third-order valence-corrected chi connectivity index (χ3v) is 7.25. The molecule has 0 aromatic heterocycles. The largest absolute Gasteiger partial charge is 0.494 e. The van der Waals surface area contributed by atoms with Crippen molar-refractivity contribution in [2.75, 3.05) is 6.61 Å². The number of hydrogen-bond donors (Lipinski definition) is 0. The van der Waals surface area contributed by atoms with E-state index >= 15 is 0 Å². The van der Waals surface area contributed by atoms with Gasteiger partial charge in [-0.25, -0.2) is 4.79 Å². The number of rotatable bonds is 14. The Balaban J connectivity index is 1.32. The molecule has 0 unspecified atom stereocenters. The van der Waals surface area contributed by atoms with Gasteiger partial charge in [0.05, 0.1) is 12.2 Å². The molecule has 0 aliphatic heterocycles. The van der Waals surface area contributed by atoms with Gasteiger partial charge in [-0.2, -0.15) is 0 Å². The number of carbonyl (C=O) groups excluding carboxylic acids is 1. The maximum atomic E-state index is 12.5. The molecule has 0 N–H and O–H groups in total. The highest BCUT2D eigenvalue weighted by atomic mass is 16.5. The lowest BCUT2D eigenvalue weighted by molar-refractivity contribution is 0.0734. The van der Waals surface area contributed by atoms with Crippen LogP contribution in [0, 0.1) is 11.8 Å². The van der Waals surface area contributed by atoms with Gasteiger partial charge in [0.15, 0.2) is 0 Å². The molecule has 0 saturated heterocycles. The summed E-state index contributed by atoms with van der Waals surface area (Å²) in [4.78, 5) is 12.5.